The second-order valence-corrected chi connectivity index (χ2v) is 6.38. The van der Waals surface area contributed by atoms with Crippen LogP contribution in [0.15, 0.2) is 18.2 Å². The highest BCUT2D eigenvalue weighted by Crippen LogP contribution is 2.24. The fraction of sp³-hybridized carbons (Fsp3) is 0.588. The summed E-state index contributed by atoms with van der Waals surface area (Å²) in [5, 5.41) is 3.14. The van der Waals surface area contributed by atoms with E-state index in [0.717, 1.165) is 25.7 Å². The average molecular weight is 311 g/mol. The van der Waals surface area contributed by atoms with Gasteiger partial charge in [-0.15, -0.1) is 12.4 Å². The summed E-state index contributed by atoms with van der Waals surface area (Å²) in [5.41, 5.74) is 9.72. The monoisotopic (exact) mass is 310 g/mol. The molecule has 1 amide bonds. The Labute approximate surface area is 134 Å². The minimum absolute atomic E-state index is 0. The van der Waals surface area contributed by atoms with E-state index < -0.39 is 0 Å². The van der Waals surface area contributed by atoms with E-state index in [1.165, 1.54) is 16.7 Å². The molecule has 0 radical (unpaired) electrons. The molecule has 0 heterocycles. The van der Waals surface area contributed by atoms with Crippen molar-refractivity contribution in [3.05, 3.63) is 34.9 Å². The molecule has 3 nitrogen and oxygen atoms in total. The second-order valence-electron chi connectivity index (χ2n) is 6.38. The fourth-order valence-electron chi connectivity index (χ4n) is 3.21. The molecule has 1 aliphatic rings. The van der Waals surface area contributed by atoms with Crippen LogP contribution in [0.2, 0.25) is 0 Å². The first-order valence-electron chi connectivity index (χ1n) is 7.57. The standard InChI is InChI=1S/C17H26N2O.ClH/c1-11-6-12(2)8-14(7-11)9-13(3)19-17(20)15-4-5-16(18)10-15;/h6-8,13,15-16H,4-5,9-10,18H2,1-3H3,(H,19,20);1H. The van der Waals surface area contributed by atoms with Crippen LogP contribution in [-0.2, 0) is 11.2 Å². The first-order valence-corrected chi connectivity index (χ1v) is 7.57. The summed E-state index contributed by atoms with van der Waals surface area (Å²) in [6, 6.07) is 6.94. The molecule has 21 heavy (non-hydrogen) atoms. The average Bonchev–Trinajstić information content (AvgIpc) is 2.74. The summed E-state index contributed by atoms with van der Waals surface area (Å²) in [7, 11) is 0. The molecule has 1 saturated carbocycles. The van der Waals surface area contributed by atoms with Gasteiger partial charge in [0.15, 0.2) is 0 Å². The molecular weight excluding hydrogens is 284 g/mol. The Balaban J connectivity index is 0.00000220. The number of nitrogens with one attached hydrogen (secondary N) is 1. The Morgan fingerprint density at radius 3 is 2.43 bits per heavy atom. The zero-order chi connectivity index (χ0) is 14.7. The van der Waals surface area contributed by atoms with E-state index in [1.54, 1.807) is 0 Å². The van der Waals surface area contributed by atoms with Crippen molar-refractivity contribution in [1.29, 1.82) is 0 Å². The fourth-order valence-corrected chi connectivity index (χ4v) is 3.21. The van der Waals surface area contributed by atoms with Crippen molar-refractivity contribution in [3.8, 4) is 0 Å². The maximum Gasteiger partial charge on any atom is 0.223 e. The van der Waals surface area contributed by atoms with Gasteiger partial charge in [-0.05, 0) is 52.0 Å². The summed E-state index contributed by atoms with van der Waals surface area (Å²) in [6.45, 7) is 6.30. The van der Waals surface area contributed by atoms with Crippen molar-refractivity contribution in [1.82, 2.24) is 5.32 Å². The Hall–Kier alpha value is -1.06. The predicted octanol–water partition coefficient (Wildman–Crippen LogP) is 2.90. The van der Waals surface area contributed by atoms with Crippen LogP contribution in [0.25, 0.3) is 0 Å². The molecule has 0 aliphatic heterocycles. The van der Waals surface area contributed by atoms with E-state index in [9.17, 15) is 4.79 Å². The smallest absolute Gasteiger partial charge is 0.223 e. The number of hydrogen-bond donors (Lipinski definition) is 2. The molecule has 3 atom stereocenters. The van der Waals surface area contributed by atoms with Crippen LogP contribution >= 0.6 is 12.4 Å². The molecule has 1 aliphatic carbocycles. The number of rotatable bonds is 4. The summed E-state index contributed by atoms with van der Waals surface area (Å²) in [5.74, 6) is 0.293. The van der Waals surface area contributed by atoms with Gasteiger partial charge >= 0.3 is 0 Å². The van der Waals surface area contributed by atoms with E-state index in [2.05, 4.69) is 44.3 Å². The number of halogens is 1. The van der Waals surface area contributed by atoms with Crippen molar-refractivity contribution in [2.45, 2.75) is 58.5 Å². The highest BCUT2D eigenvalue weighted by Gasteiger charge is 2.28. The molecule has 3 N–H and O–H groups in total. The second kappa shape index (κ2) is 7.81. The van der Waals surface area contributed by atoms with Gasteiger partial charge in [0.1, 0.15) is 0 Å². The number of hydrogen-bond acceptors (Lipinski definition) is 2. The van der Waals surface area contributed by atoms with E-state index in [4.69, 9.17) is 5.73 Å². The maximum absolute atomic E-state index is 12.2. The molecule has 3 unspecified atom stereocenters. The van der Waals surface area contributed by atoms with Gasteiger partial charge in [-0.25, -0.2) is 0 Å². The molecule has 1 fully saturated rings. The number of benzene rings is 1. The molecule has 1 aromatic carbocycles. The van der Waals surface area contributed by atoms with Crippen LogP contribution in [0.3, 0.4) is 0 Å². The van der Waals surface area contributed by atoms with Gasteiger partial charge in [-0.2, -0.15) is 0 Å². The predicted molar refractivity (Wildman–Crippen MR) is 89.8 cm³/mol. The number of carbonyl (C=O) groups excluding carboxylic acids is 1. The minimum Gasteiger partial charge on any atom is -0.353 e. The highest BCUT2D eigenvalue weighted by molar-refractivity contribution is 5.85. The van der Waals surface area contributed by atoms with Gasteiger partial charge in [0.25, 0.3) is 0 Å². The van der Waals surface area contributed by atoms with E-state index in [0.29, 0.717) is 0 Å². The third-order valence-electron chi connectivity index (χ3n) is 4.06. The maximum atomic E-state index is 12.2. The van der Waals surface area contributed by atoms with Crippen molar-refractivity contribution in [2.75, 3.05) is 0 Å². The topological polar surface area (TPSA) is 55.1 Å². The van der Waals surface area contributed by atoms with Gasteiger partial charge in [0.2, 0.25) is 5.91 Å². The van der Waals surface area contributed by atoms with Crippen LogP contribution in [0.1, 0.15) is 42.9 Å². The van der Waals surface area contributed by atoms with Gasteiger partial charge in [-0.1, -0.05) is 29.3 Å². The van der Waals surface area contributed by atoms with Gasteiger partial charge in [0.05, 0.1) is 0 Å². The highest BCUT2D eigenvalue weighted by atomic mass is 35.5. The molecule has 0 bridgehead atoms. The first-order chi connectivity index (χ1) is 9.44. The lowest BCUT2D eigenvalue weighted by molar-refractivity contribution is -0.125. The molecule has 2 rings (SSSR count). The van der Waals surface area contributed by atoms with Crippen molar-refractivity contribution in [2.24, 2.45) is 11.7 Å². The number of nitrogens with two attached hydrogens (primary N) is 1. The van der Waals surface area contributed by atoms with Crippen LogP contribution in [0, 0.1) is 19.8 Å². The van der Waals surface area contributed by atoms with E-state index in [1.807, 2.05) is 0 Å². The molecule has 0 saturated heterocycles. The summed E-state index contributed by atoms with van der Waals surface area (Å²) < 4.78 is 0. The lowest BCUT2D eigenvalue weighted by Gasteiger charge is -2.17. The van der Waals surface area contributed by atoms with Crippen molar-refractivity contribution >= 4 is 18.3 Å². The van der Waals surface area contributed by atoms with E-state index in [-0.39, 0.29) is 36.3 Å². The lowest BCUT2D eigenvalue weighted by atomic mass is 10.0. The summed E-state index contributed by atoms with van der Waals surface area (Å²) in [4.78, 5) is 12.2. The summed E-state index contributed by atoms with van der Waals surface area (Å²) in [6.07, 6.45) is 3.63. The zero-order valence-corrected chi connectivity index (χ0v) is 14.0. The van der Waals surface area contributed by atoms with Crippen LogP contribution in [0.5, 0.6) is 0 Å². The van der Waals surface area contributed by atoms with Gasteiger partial charge in [-0.3, -0.25) is 4.79 Å². The van der Waals surface area contributed by atoms with Crippen LogP contribution in [0.4, 0.5) is 0 Å². The van der Waals surface area contributed by atoms with Crippen LogP contribution in [-0.4, -0.2) is 18.0 Å². The van der Waals surface area contributed by atoms with Crippen molar-refractivity contribution < 1.29 is 4.79 Å². The Morgan fingerprint density at radius 2 is 1.90 bits per heavy atom. The molecule has 0 aromatic heterocycles. The normalized spacial score (nSPS) is 22.5. The molecule has 4 heteroatoms. The third kappa shape index (κ3) is 5.33. The Kier molecular flexibility index (Phi) is 6.69. The summed E-state index contributed by atoms with van der Waals surface area (Å²) >= 11 is 0. The number of aryl methyl sites for hydroxylation is 2. The zero-order valence-electron chi connectivity index (χ0n) is 13.2. The van der Waals surface area contributed by atoms with Gasteiger partial charge in [0, 0.05) is 18.0 Å². The molecule has 0 spiro atoms. The Morgan fingerprint density at radius 1 is 1.29 bits per heavy atom. The largest absolute Gasteiger partial charge is 0.353 e. The molecule has 1 aromatic rings. The molecule has 118 valence electrons. The minimum atomic E-state index is 0. The number of carbonyl (C=O) groups is 1. The molecular formula is C17H27ClN2O. The lowest BCUT2D eigenvalue weighted by Crippen LogP contribution is -2.38. The van der Waals surface area contributed by atoms with E-state index >= 15 is 0 Å². The van der Waals surface area contributed by atoms with Crippen LogP contribution < -0.4 is 11.1 Å². The quantitative estimate of drug-likeness (QED) is 0.898. The van der Waals surface area contributed by atoms with Gasteiger partial charge < -0.3 is 11.1 Å². The number of amides is 1. The third-order valence-corrected chi connectivity index (χ3v) is 4.06. The SMILES string of the molecule is Cc1cc(C)cc(CC(C)NC(=O)C2CCC(N)C2)c1.Cl. The Bertz CT molecular complexity index is 469. The first kappa shape index (κ1) is 18.0. The van der Waals surface area contributed by atoms with Crippen molar-refractivity contribution in [3.63, 3.8) is 0 Å².